The van der Waals surface area contributed by atoms with Gasteiger partial charge in [-0.25, -0.2) is 4.79 Å². The molecule has 204 valence electrons. The van der Waals surface area contributed by atoms with Gasteiger partial charge in [-0.1, -0.05) is 32.1 Å². The number of ether oxygens (including phenoxy) is 3. The van der Waals surface area contributed by atoms with Crippen LogP contribution in [0, 0.1) is 22.7 Å². The highest BCUT2D eigenvalue weighted by molar-refractivity contribution is 5.91. The zero-order valence-electron chi connectivity index (χ0n) is 21.0. The van der Waals surface area contributed by atoms with Gasteiger partial charge in [-0.15, -0.1) is 0 Å². The topological polar surface area (TPSA) is 166 Å². The van der Waals surface area contributed by atoms with Crippen LogP contribution in [0.5, 0.6) is 0 Å². The van der Waals surface area contributed by atoms with Crippen LogP contribution < -0.4 is 0 Å². The lowest BCUT2D eigenvalue weighted by Gasteiger charge is -2.60. The minimum atomic E-state index is -1.52. The smallest absolute Gasteiger partial charge is 0.336 e. The van der Waals surface area contributed by atoms with Gasteiger partial charge in [-0.3, -0.25) is 0 Å². The number of fused-ring (bicyclic) bond motifs is 1. The average molecular weight is 513 g/mol. The summed E-state index contributed by atoms with van der Waals surface area (Å²) in [5, 5.41) is 60.7. The molecule has 10 heteroatoms. The third-order valence-corrected chi connectivity index (χ3v) is 9.05. The molecule has 36 heavy (non-hydrogen) atoms. The highest BCUT2D eigenvalue weighted by atomic mass is 16.7. The lowest BCUT2D eigenvalue weighted by atomic mass is 9.46. The Hall–Kier alpha value is -1.37. The number of cyclic esters (lactones) is 1. The lowest BCUT2D eigenvalue weighted by molar-refractivity contribution is -0.309. The van der Waals surface area contributed by atoms with Crippen LogP contribution >= 0.6 is 0 Å². The Labute approximate surface area is 211 Å². The molecule has 0 radical (unpaired) electrons. The van der Waals surface area contributed by atoms with Crippen LogP contribution in [0.2, 0.25) is 0 Å². The maximum absolute atomic E-state index is 12.0. The molecule has 2 saturated carbocycles. The molecule has 2 heterocycles. The van der Waals surface area contributed by atoms with Gasteiger partial charge in [-0.05, 0) is 54.8 Å². The standard InChI is InChI=1S/C26H40O10/c1-13-9-25(2,12-35-24-22(32)21(31)20(30)18(10-27)36-24)19-8-14(28)6-7-26(19,3)16(13)5-4-15-17(29)11-34-23(15)33/h4,14,16-22,24,27-32H,1,5-12H2,2-3H3/b15-4-/t14-,16-,17+,18-,19+,20-,21+,22-,24-,25+,26-/m1/s1. The highest BCUT2D eigenvalue weighted by Gasteiger charge is 2.57. The second kappa shape index (κ2) is 10.4. The van der Waals surface area contributed by atoms with Crippen LogP contribution in [0.25, 0.3) is 0 Å². The number of allylic oxidation sites excluding steroid dienone is 2. The Balaban J connectivity index is 1.54. The van der Waals surface area contributed by atoms with E-state index in [9.17, 15) is 35.4 Å². The van der Waals surface area contributed by atoms with E-state index in [0.29, 0.717) is 25.7 Å². The van der Waals surface area contributed by atoms with Gasteiger partial charge < -0.3 is 44.8 Å². The first-order valence-corrected chi connectivity index (χ1v) is 12.7. The molecule has 0 bridgehead atoms. The van der Waals surface area contributed by atoms with E-state index < -0.39 is 60.9 Å². The normalized spacial score (nSPS) is 48.7. The van der Waals surface area contributed by atoms with Crippen LogP contribution in [0.3, 0.4) is 0 Å². The van der Waals surface area contributed by atoms with Crippen molar-refractivity contribution in [1.29, 1.82) is 0 Å². The number of aliphatic hydroxyl groups excluding tert-OH is 6. The van der Waals surface area contributed by atoms with E-state index in [4.69, 9.17) is 14.2 Å². The number of hydrogen-bond donors (Lipinski definition) is 6. The molecule has 4 rings (SSSR count). The molecular formula is C26H40O10. The second-order valence-electron chi connectivity index (χ2n) is 11.5. The molecule has 0 unspecified atom stereocenters. The number of carbonyl (C=O) groups is 1. The van der Waals surface area contributed by atoms with E-state index >= 15 is 0 Å². The maximum atomic E-state index is 12.0. The minimum absolute atomic E-state index is 0.00740. The van der Waals surface area contributed by atoms with Crippen LogP contribution in [-0.2, 0) is 19.0 Å². The summed E-state index contributed by atoms with van der Waals surface area (Å²) in [7, 11) is 0. The van der Waals surface area contributed by atoms with E-state index in [2.05, 4.69) is 20.4 Å². The van der Waals surface area contributed by atoms with Gasteiger partial charge in [-0.2, -0.15) is 0 Å². The van der Waals surface area contributed by atoms with Crippen molar-refractivity contribution < 1.29 is 49.6 Å². The second-order valence-corrected chi connectivity index (χ2v) is 11.5. The predicted molar refractivity (Wildman–Crippen MR) is 126 cm³/mol. The van der Waals surface area contributed by atoms with Gasteiger partial charge in [0, 0.05) is 0 Å². The highest BCUT2D eigenvalue weighted by Crippen LogP contribution is 2.62. The summed E-state index contributed by atoms with van der Waals surface area (Å²) in [6.07, 6.45) is -3.37. The Morgan fingerprint density at radius 1 is 1.14 bits per heavy atom. The zero-order valence-corrected chi connectivity index (χ0v) is 21.0. The van der Waals surface area contributed by atoms with Crippen molar-refractivity contribution in [3.8, 4) is 0 Å². The molecule has 0 aromatic carbocycles. The third kappa shape index (κ3) is 4.90. The Morgan fingerprint density at radius 2 is 1.86 bits per heavy atom. The Bertz CT molecular complexity index is 873. The van der Waals surface area contributed by atoms with Gasteiger partial charge >= 0.3 is 5.97 Å². The third-order valence-electron chi connectivity index (χ3n) is 9.05. The van der Waals surface area contributed by atoms with Crippen LogP contribution in [0.4, 0.5) is 0 Å². The molecule has 4 fully saturated rings. The van der Waals surface area contributed by atoms with E-state index in [-0.39, 0.29) is 36.0 Å². The quantitative estimate of drug-likeness (QED) is 0.159. The molecule has 6 N–H and O–H groups in total. The number of hydrogen-bond acceptors (Lipinski definition) is 10. The van der Waals surface area contributed by atoms with Crippen molar-refractivity contribution in [2.24, 2.45) is 22.7 Å². The van der Waals surface area contributed by atoms with E-state index in [1.54, 1.807) is 6.08 Å². The first kappa shape index (κ1) is 27.7. The van der Waals surface area contributed by atoms with E-state index in [0.717, 1.165) is 12.0 Å². The average Bonchev–Trinajstić information content (AvgIpc) is 3.15. The maximum Gasteiger partial charge on any atom is 0.336 e. The molecule has 2 saturated heterocycles. The molecule has 2 aliphatic carbocycles. The largest absolute Gasteiger partial charge is 0.459 e. The monoisotopic (exact) mass is 512 g/mol. The molecular weight excluding hydrogens is 472 g/mol. The number of aliphatic hydroxyl groups is 6. The van der Waals surface area contributed by atoms with E-state index in [1.165, 1.54) is 0 Å². The summed E-state index contributed by atoms with van der Waals surface area (Å²) in [6, 6.07) is 0. The van der Waals surface area contributed by atoms with E-state index in [1.807, 2.05) is 0 Å². The first-order valence-electron chi connectivity index (χ1n) is 12.7. The lowest BCUT2D eigenvalue weighted by Crippen LogP contribution is -2.60. The molecule has 0 amide bonds. The fourth-order valence-electron chi connectivity index (χ4n) is 7.03. The summed E-state index contributed by atoms with van der Waals surface area (Å²) in [5.74, 6) is -0.473. The fourth-order valence-corrected chi connectivity index (χ4v) is 7.03. The van der Waals surface area contributed by atoms with Gasteiger partial charge in [0.2, 0.25) is 0 Å². The summed E-state index contributed by atoms with van der Waals surface area (Å²) >= 11 is 0. The zero-order chi connectivity index (χ0) is 26.4. The summed E-state index contributed by atoms with van der Waals surface area (Å²) in [6.45, 7) is 8.17. The van der Waals surface area contributed by atoms with Gasteiger partial charge in [0.05, 0.1) is 24.9 Å². The number of rotatable bonds is 6. The van der Waals surface area contributed by atoms with Crippen molar-refractivity contribution in [2.45, 2.75) is 88.9 Å². The first-order chi connectivity index (χ1) is 16.9. The molecule has 0 aromatic rings. The van der Waals surface area contributed by atoms with Gasteiger partial charge in [0.1, 0.15) is 37.1 Å². The summed E-state index contributed by atoms with van der Waals surface area (Å²) in [5.41, 5.74) is 0.495. The van der Waals surface area contributed by atoms with Crippen molar-refractivity contribution in [1.82, 2.24) is 0 Å². The van der Waals surface area contributed by atoms with Crippen LogP contribution in [0.1, 0.15) is 46.0 Å². The summed E-state index contributed by atoms with van der Waals surface area (Å²) < 4.78 is 16.5. The molecule has 4 aliphatic rings. The van der Waals surface area contributed by atoms with Crippen molar-refractivity contribution in [2.75, 3.05) is 19.8 Å². The molecule has 2 aliphatic heterocycles. The predicted octanol–water partition coefficient (Wildman–Crippen LogP) is -0.213. The van der Waals surface area contributed by atoms with Crippen molar-refractivity contribution in [3.63, 3.8) is 0 Å². The fraction of sp³-hybridized carbons (Fsp3) is 0.808. The Morgan fingerprint density at radius 3 is 2.50 bits per heavy atom. The van der Waals surface area contributed by atoms with Gasteiger partial charge in [0.25, 0.3) is 0 Å². The number of carbonyl (C=O) groups excluding carboxylic acids is 1. The van der Waals surface area contributed by atoms with Crippen LogP contribution in [-0.4, -0.2) is 99.3 Å². The SMILES string of the molecule is C=C1C[C@@](C)(CO[C@@H]2O[C@H](CO)[C@@H](O)[C@H](O)[C@H]2O)[C@@H]2C[C@H](O)CC[C@]2(C)[C@@H]1C/C=C1\C(=O)OC[C@@H]1O. The molecule has 0 aromatic heterocycles. The van der Waals surface area contributed by atoms with Crippen molar-refractivity contribution in [3.05, 3.63) is 23.8 Å². The van der Waals surface area contributed by atoms with Crippen molar-refractivity contribution >= 4 is 5.97 Å². The molecule has 11 atom stereocenters. The number of esters is 1. The molecule has 0 spiro atoms. The van der Waals surface area contributed by atoms with Crippen LogP contribution in [0.15, 0.2) is 23.8 Å². The minimum Gasteiger partial charge on any atom is -0.459 e. The summed E-state index contributed by atoms with van der Waals surface area (Å²) in [4.78, 5) is 12.0. The molecule has 10 nitrogen and oxygen atoms in total. The Kier molecular flexibility index (Phi) is 8.00. The van der Waals surface area contributed by atoms with Gasteiger partial charge in [0.15, 0.2) is 6.29 Å².